The van der Waals surface area contributed by atoms with E-state index in [-0.39, 0.29) is 23.9 Å². The number of rotatable bonds is 5. The summed E-state index contributed by atoms with van der Waals surface area (Å²) in [4.78, 5) is 49.0. The SMILES string of the molecule is Cn1c(=O)n(C2CCC(=O)NC2=O)c2ccc(C#CCCCNC(=O)C3(N)CCCCC3)cc21. The maximum Gasteiger partial charge on any atom is 0.329 e. The van der Waals surface area contributed by atoms with Crippen LogP contribution in [0.15, 0.2) is 23.0 Å². The van der Waals surface area contributed by atoms with Crippen molar-refractivity contribution >= 4 is 28.8 Å². The minimum Gasteiger partial charge on any atom is -0.354 e. The maximum atomic E-state index is 12.8. The Labute approximate surface area is 198 Å². The third kappa shape index (κ3) is 4.77. The van der Waals surface area contributed by atoms with Crippen molar-refractivity contribution in [1.82, 2.24) is 19.8 Å². The standard InChI is InChI=1S/C25H31N5O4/c1-29-20-16-17(8-4-2-7-15-27-23(33)25(26)13-5-3-6-14-25)9-10-18(20)30(24(29)34)19-11-12-21(31)28-22(19)32/h9-10,16,19H,2-3,5-7,11-15,26H2,1H3,(H,27,33)(H,28,31,32). The fraction of sp³-hybridized carbons (Fsp3) is 0.520. The van der Waals surface area contributed by atoms with Crippen molar-refractivity contribution in [3.63, 3.8) is 0 Å². The van der Waals surface area contributed by atoms with Gasteiger partial charge in [-0.2, -0.15) is 0 Å². The van der Waals surface area contributed by atoms with Crippen LogP contribution in [0.3, 0.4) is 0 Å². The molecule has 1 aliphatic carbocycles. The minimum atomic E-state index is -0.723. The molecule has 1 aliphatic heterocycles. The molecule has 1 aromatic heterocycles. The van der Waals surface area contributed by atoms with Gasteiger partial charge in [0.2, 0.25) is 17.7 Å². The lowest BCUT2D eigenvalue weighted by molar-refractivity contribution is -0.135. The fourth-order valence-corrected chi connectivity index (χ4v) is 4.80. The molecule has 2 aromatic rings. The minimum absolute atomic E-state index is 0.0629. The highest BCUT2D eigenvalue weighted by Gasteiger charge is 2.35. The van der Waals surface area contributed by atoms with Gasteiger partial charge in [-0.15, -0.1) is 0 Å². The van der Waals surface area contributed by atoms with E-state index in [1.807, 2.05) is 12.1 Å². The predicted octanol–water partition coefficient (Wildman–Crippen LogP) is 1.23. The second kappa shape index (κ2) is 9.85. The van der Waals surface area contributed by atoms with Crippen LogP contribution in [0.5, 0.6) is 0 Å². The molecule has 1 unspecified atom stereocenters. The molecule has 34 heavy (non-hydrogen) atoms. The van der Waals surface area contributed by atoms with Crippen LogP contribution in [0, 0.1) is 11.8 Å². The first-order valence-corrected chi connectivity index (χ1v) is 11.9. The average Bonchev–Trinajstić information content (AvgIpc) is 3.06. The number of imide groups is 1. The van der Waals surface area contributed by atoms with Crippen LogP contribution in [0.4, 0.5) is 0 Å². The van der Waals surface area contributed by atoms with Gasteiger partial charge in [0.25, 0.3) is 0 Å². The van der Waals surface area contributed by atoms with Gasteiger partial charge >= 0.3 is 5.69 Å². The number of aryl methyl sites for hydroxylation is 1. The van der Waals surface area contributed by atoms with Crippen molar-refractivity contribution in [3.05, 3.63) is 34.2 Å². The summed E-state index contributed by atoms with van der Waals surface area (Å²) in [5.41, 5.74) is 7.29. The number of hydrogen-bond donors (Lipinski definition) is 3. The van der Waals surface area contributed by atoms with Gasteiger partial charge < -0.3 is 11.1 Å². The van der Waals surface area contributed by atoms with E-state index in [4.69, 9.17) is 5.73 Å². The summed E-state index contributed by atoms with van der Waals surface area (Å²) >= 11 is 0. The van der Waals surface area contributed by atoms with Crippen LogP contribution in [-0.4, -0.2) is 38.9 Å². The molecule has 2 heterocycles. The fourth-order valence-electron chi connectivity index (χ4n) is 4.80. The number of fused-ring (bicyclic) bond motifs is 1. The number of hydrogen-bond acceptors (Lipinski definition) is 5. The lowest BCUT2D eigenvalue weighted by Gasteiger charge is -2.31. The lowest BCUT2D eigenvalue weighted by atomic mass is 9.82. The van der Waals surface area contributed by atoms with Crippen LogP contribution in [-0.2, 0) is 21.4 Å². The van der Waals surface area contributed by atoms with E-state index in [0.29, 0.717) is 30.4 Å². The molecule has 0 radical (unpaired) electrons. The Bertz CT molecular complexity index is 1240. The molecule has 9 heteroatoms. The van der Waals surface area contributed by atoms with Crippen molar-refractivity contribution in [2.45, 2.75) is 69.4 Å². The van der Waals surface area contributed by atoms with E-state index in [2.05, 4.69) is 22.5 Å². The number of nitrogens with zero attached hydrogens (tertiary/aromatic N) is 2. The Kier molecular flexibility index (Phi) is 6.89. The van der Waals surface area contributed by atoms with Gasteiger partial charge in [-0.05, 0) is 43.9 Å². The van der Waals surface area contributed by atoms with E-state index in [1.54, 1.807) is 13.1 Å². The zero-order chi connectivity index (χ0) is 24.3. The predicted molar refractivity (Wildman–Crippen MR) is 128 cm³/mol. The number of unbranched alkanes of at least 4 members (excludes halogenated alkanes) is 1. The molecule has 3 amide bonds. The molecule has 1 saturated heterocycles. The Hall–Kier alpha value is -3.38. The molecular formula is C25H31N5O4. The second-order valence-electron chi connectivity index (χ2n) is 9.26. The van der Waals surface area contributed by atoms with E-state index >= 15 is 0 Å². The molecule has 1 atom stereocenters. The Morgan fingerprint density at radius 2 is 1.97 bits per heavy atom. The highest BCUT2D eigenvalue weighted by Crippen LogP contribution is 2.26. The number of aromatic nitrogens is 2. The quantitative estimate of drug-likeness (QED) is 0.348. The van der Waals surface area contributed by atoms with Crippen LogP contribution < -0.4 is 22.1 Å². The third-order valence-corrected chi connectivity index (χ3v) is 6.81. The number of carbonyl (C=O) groups excluding carboxylic acids is 3. The number of nitrogens with two attached hydrogens (primary N) is 1. The summed E-state index contributed by atoms with van der Waals surface area (Å²) in [7, 11) is 1.66. The highest BCUT2D eigenvalue weighted by atomic mass is 16.2. The first-order valence-electron chi connectivity index (χ1n) is 11.9. The number of amides is 3. The summed E-state index contributed by atoms with van der Waals surface area (Å²) in [5, 5.41) is 5.25. The first kappa shape index (κ1) is 23.8. The molecule has 0 spiro atoms. The largest absolute Gasteiger partial charge is 0.354 e. The smallest absolute Gasteiger partial charge is 0.329 e. The molecule has 0 bridgehead atoms. The third-order valence-electron chi connectivity index (χ3n) is 6.81. The van der Waals surface area contributed by atoms with Crippen molar-refractivity contribution in [2.24, 2.45) is 12.8 Å². The van der Waals surface area contributed by atoms with Gasteiger partial charge in [-0.25, -0.2) is 4.79 Å². The summed E-state index contributed by atoms with van der Waals surface area (Å²) in [6.07, 6.45) is 6.48. The molecule has 4 N–H and O–H groups in total. The Balaban J connectivity index is 1.38. The summed E-state index contributed by atoms with van der Waals surface area (Å²) in [6.45, 7) is 0.537. The average molecular weight is 466 g/mol. The zero-order valence-electron chi connectivity index (χ0n) is 19.5. The number of piperidine rings is 1. The second-order valence-corrected chi connectivity index (χ2v) is 9.26. The van der Waals surface area contributed by atoms with Gasteiger partial charge in [0.1, 0.15) is 6.04 Å². The molecular weight excluding hydrogens is 434 g/mol. The summed E-state index contributed by atoms with van der Waals surface area (Å²) in [6, 6.07) is 4.73. The zero-order valence-corrected chi connectivity index (χ0v) is 19.5. The summed E-state index contributed by atoms with van der Waals surface area (Å²) < 4.78 is 2.95. The maximum absolute atomic E-state index is 12.8. The molecule has 2 fully saturated rings. The van der Waals surface area contributed by atoms with Crippen LogP contribution in [0.25, 0.3) is 11.0 Å². The monoisotopic (exact) mass is 465 g/mol. The van der Waals surface area contributed by atoms with Crippen molar-refractivity contribution < 1.29 is 14.4 Å². The highest BCUT2D eigenvalue weighted by molar-refractivity contribution is 6.00. The van der Waals surface area contributed by atoms with Gasteiger partial charge in [-0.3, -0.25) is 28.8 Å². The number of carbonyl (C=O) groups is 3. The Morgan fingerprint density at radius 1 is 1.21 bits per heavy atom. The molecule has 2 aliphatic rings. The number of benzene rings is 1. The number of nitrogens with one attached hydrogen (secondary N) is 2. The van der Waals surface area contributed by atoms with Crippen molar-refractivity contribution in [2.75, 3.05) is 6.54 Å². The van der Waals surface area contributed by atoms with E-state index in [0.717, 1.165) is 44.1 Å². The van der Waals surface area contributed by atoms with Crippen molar-refractivity contribution in [3.8, 4) is 11.8 Å². The van der Waals surface area contributed by atoms with Crippen LogP contribution >= 0.6 is 0 Å². The van der Waals surface area contributed by atoms with Gasteiger partial charge in [0.05, 0.1) is 16.6 Å². The van der Waals surface area contributed by atoms with Crippen molar-refractivity contribution in [1.29, 1.82) is 0 Å². The first-order chi connectivity index (χ1) is 16.3. The molecule has 1 saturated carbocycles. The summed E-state index contributed by atoms with van der Waals surface area (Å²) in [5.74, 6) is 5.39. The van der Waals surface area contributed by atoms with Gasteiger partial charge in [-0.1, -0.05) is 31.1 Å². The molecule has 4 rings (SSSR count). The topological polar surface area (TPSA) is 128 Å². The normalized spacial score (nSPS) is 19.9. The van der Waals surface area contributed by atoms with E-state index in [9.17, 15) is 19.2 Å². The Morgan fingerprint density at radius 3 is 2.71 bits per heavy atom. The molecule has 1 aromatic carbocycles. The van der Waals surface area contributed by atoms with E-state index in [1.165, 1.54) is 9.13 Å². The van der Waals surface area contributed by atoms with E-state index < -0.39 is 17.5 Å². The van der Waals surface area contributed by atoms with Crippen LogP contribution in [0.2, 0.25) is 0 Å². The van der Waals surface area contributed by atoms with Gasteiger partial charge in [0, 0.05) is 32.0 Å². The van der Waals surface area contributed by atoms with Gasteiger partial charge in [0.15, 0.2) is 0 Å². The van der Waals surface area contributed by atoms with Crippen LogP contribution in [0.1, 0.15) is 69.4 Å². The lowest BCUT2D eigenvalue weighted by Crippen LogP contribution is -2.55. The molecule has 180 valence electrons. The number of imidazole rings is 1. The molecule has 9 nitrogen and oxygen atoms in total.